The van der Waals surface area contributed by atoms with Crippen molar-refractivity contribution in [3.05, 3.63) is 17.8 Å². The molecule has 0 aliphatic heterocycles. The Morgan fingerprint density at radius 2 is 1.96 bits per heavy atom. The van der Waals surface area contributed by atoms with Crippen molar-refractivity contribution in [2.75, 3.05) is 18.5 Å². The number of aryl methyl sites for hydroxylation is 1. The van der Waals surface area contributed by atoms with Gasteiger partial charge in [0.25, 0.3) is 5.91 Å². The lowest BCUT2D eigenvalue weighted by Gasteiger charge is -2.31. The summed E-state index contributed by atoms with van der Waals surface area (Å²) in [5, 5.41) is 3.01. The van der Waals surface area contributed by atoms with Crippen molar-refractivity contribution < 1.29 is 14.3 Å². The first-order valence-electron chi connectivity index (χ1n) is 9.16. The third-order valence-electron chi connectivity index (χ3n) is 4.48. The van der Waals surface area contributed by atoms with Crippen LogP contribution in [0.15, 0.2) is 12.3 Å². The molecular formula is C19H30N2O3. The number of nitrogens with one attached hydrogen (secondary N) is 1. The van der Waals surface area contributed by atoms with Crippen LogP contribution in [0.3, 0.4) is 0 Å². The van der Waals surface area contributed by atoms with E-state index in [0.29, 0.717) is 24.8 Å². The molecule has 1 fully saturated rings. The lowest BCUT2D eigenvalue weighted by molar-refractivity contribution is -0.143. The molecule has 0 saturated heterocycles. The van der Waals surface area contributed by atoms with Crippen molar-refractivity contribution >= 4 is 11.6 Å². The molecule has 1 heterocycles. The van der Waals surface area contributed by atoms with Crippen molar-refractivity contribution in [2.45, 2.75) is 71.3 Å². The van der Waals surface area contributed by atoms with E-state index < -0.39 is 5.60 Å². The highest BCUT2D eigenvalue weighted by molar-refractivity contribution is 5.97. The number of hydrogen-bond donors (Lipinski definition) is 1. The molecule has 1 N–H and O–H groups in total. The van der Waals surface area contributed by atoms with Gasteiger partial charge in [-0.2, -0.15) is 0 Å². The predicted octanol–water partition coefficient (Wildman–Crippen LogP) is 4.25. The summed E-state index contributed by atoms with van der Waals surface area (Å²) in [7, 11) is 0. The molecular weight excluding hydrogens is 304 g/mol. The molecule has 1 amide bonds. The molecule has 0 radical (unpaired) electrons. The summed E-state index contributed by atoms with van der Waals surface area (Å²) in [5.41, 5.74) is 0.925. The largest absolute Gasteiger partial charge is 0.477 e. The Balaban J connectivity index is 2.10. The molecule has 5 heteroatoms. The Labute approximate surface area is 145 Å². The fourth-order valence-corrected chi connectivity index (χ4v) is 3.24. The van der Waals surface area contributed by atoms with Crippen LogP contribution in [-0.4, -0.2) is 29.7 Å². The highest BCUT2D eigenvalue weighted by Crippen LogP contribution is 2.32. The van der Waals surface area contributed by atoms with E-state index in [9.17, 15) is 4.79 Å². The minimum Gasteiger partial charge on any atom is -0.477 e. The quantitative estimate of drug-likeness (QED) is 0.757. The molecule has 1 aromatic rings. The minimum absolute atomic E-state index is 0.0466. The zero-order chi connectivity index (χ0) is 17.4. The summed E-state index contributed by atoms with van der Waals surface area (Å²) < 4.78 is 11.5. The molecule has 24 heavy (non-hydrogen) atoms. The number of anilines is 1. The number of amides is 1. The van der Waals surface area contributed by atoms with Crippen LogP contribution in [0.4, 0.5) is 5.69 Å². The summed E-state index contributed by atoms with van der Waals surface area (Å²) in [6.45, 7) is 7.15. The first kappa shape index (κ1) is 18.7. The lowest BCUT2D eigenvalue weighted by atomic mass is 9.93. The van der Waals surface area contributed by atoms with Gasteiger partial charge in [-0.1, -0.05) is 32.6 Å². The van der Waals surface area contributed by atoms with E-state index in [4.69, 9.17) is 9.47 Å². The third kappa shape index (κ3) is 4.69. The fourth-order valence-electron chi connectivity index (χ4n) is 3.24. The molecule has 134 valence electrons. The molecule has 0 atom stereocenters. The number of carbonyl (C=O) groups excluding carboxylic acids is 1. The molecule has 0 spiro atoms. The van der Waals surface area contributed by atoms with Gasteiger partial charge in [-0.3, -0.25) is 4.79 Å². The average molecular weight is 334 g/mol. The molecule has 0 unspecified atom stereocenters. The Kier molecular flexibility index (Phi) is 7.03. The summed E-state index contributed by atoms with van der Waals surface area (Å²) in [4.78, 5) is 17.2. The van der Waals surface area contributed by atoms with Crippen LogP contribution < -0.4 is 10.1 Å². The zero-order valence-electron chi connectivity index (χ0n) is 15.2. The van der Waals surface area contributed by atoms with E-state index in [1.54, 1.807) is 6.20 Å². The topological polar surface area (TPSA) is 60.5 Å². The molecule has 1 aliphatic carbocycles. The number of hydrogen-bond acceptors (Lipinski definition) is 4. The van der Waals surface area contributed by atoms with Gasteiger partial charge in [0.15, 0.2) is 0 Å². The molecule has 0 aromatic carbocycles. The lowest BCUT2D eigenvalue weighted by Crippen LogP contribution is -2.45. The maximum atomic E-state index is 12.9. The Morgan fingerprint density at radius 3 is 2.54 bits per heavy atom. The number of carbonyl (C=O) groups is 1. The SMILES string of the molecule is CCCOc1ncc(NC(=O)C2(OCC)CCCCCC2)cc1C. The van der Waals surface area contributed by atoms with E-state index in [-0.39, 0.29) is 5.91 Å². The van der Waals surface area contributed by atoms with Crippen LogP contribution in [0.1, 0.15) is 64.4 Å². The normalized spacial score (nSPS) is 17.1. The van der Waals surface area contributed by atoms with Gasteiger partial charge >= 0.3 is 0 Å². The summed E-state index contributed by atoms with van der Waals surface area (Å²) in [6.07, 6.45) is 8.59. The van der Waals surface area contributed by atoms with Gasteiger partial charge in [-0.15, -0.1) is 0 Å². The van der Waals surface area contributed by atoms with Crippen molar-refractivity contribution in [2.24, 2.45) is 0 Å². The maximum Gasteiger partial charge on any atom is 0.256 e. The number of aromatic nitrogens is 1. The molecule has 0 bridgehead atoms. The fraction of sp³-hybridized carbons (Fsp3) is 0.684. The van der Waals surface area contributed by atoms with Gasteiger partial charge in [0.1, 0.15) is 5.60 Å². The van der Waals surface area contributed by atoms with Crippen molar-refractivity contribution in [3.63, 3.8) is 0 Å². The Bertz CT molecular complexity index is 537. The predicted molar refractivity (Wildman–Crippen MR) is 95.4 cm³/mol. The van der Waals surface area contributed by atoms with Gasteiger partial charge in [-0.25, -0.2) is 4.98 Å². The zero-order valence-corrected chi connectivity index (χ0v) is 15.2. The van der Waals surface area contributed by atoms with Gasteiger partial charge in [-0.05, 0) is 39.2 Å². The first-order chi connectivity index (χ1) is 11.6. The van der Waals surface area contributed by atoms with E-state index in [2.05, 4.69) is 17.2 Å². The summed E-state index contributed by atoms with van der Waals surface area (Å²) in [6, 6.07) is 1.91. The van der Waals surface area contributed by atoms with Crippen LogP contribution in [-0.2, 0) is 9.53 Å². The second-order valence-electron chi connectivity index (χ2n) is 6.49. The van der Waals surface area contributed by atoms with Crippen molar-refractivity contribution in [1.29, 1.82) is 0 Å². The van der Waals surface area contributed by atoms with Gasteiger partial charge in [0.2, 0.25) is 5.88 Å². The van der Waals surface area contributed by atoms with Crippen molar-refractivity contribution in [3.8, 4) is 5.88 Å². The Hall–Kier alpha value is -1.62. The van der Waals surface area contributed by atoms with E-state index in [1.165, 1.54) is 12.8 Å². The minimum atomic E-state index is -0.698. The number of rotatable bonds is 7. The van der Waals surface area contributed by atoms with Crippen LogP contribution in [0.25, 0.3) is 0 Å². The first-order valence-corrected chi connectivity index (χ1v) is 9.16. The summed E-state index contributed by atoms with van der Waals surface area (Å²) in [5.74, 6) is 0.582. The standard InChI is InChI=1S/C19H30N2O3/c1-4-12-23-17-15(3)13-16(14-20-17)21-18(22)19(24-5-2)10-8-6-7-9-11-19/h13-14H,4-12H2,1-3H3,(H,21,22). The average Bonchev–Trinajstić information content (AvgIpc) is 2.81. The van der Waals surface area contributed by atoms with E-state index in [1.807, 2.05) is 19.9 Å². The third-order valence-corrected chi connectivity index (χ3v) is 4.48. The second-order valence-corrected chi connectivity index (χ2v) is 6.49. The van der Waals surface area contributed by atoms with Crippen LogP contribution in [0.5, 0.6) is 5.88 Å². The molecule has 1 aliphatic rings. The molecule has 1 aromatic heterocycles. The molecule has 1 saturated carbocycles. The monoisotopic (exact) mass is 334 g/mol. The van der Waals surface area contributed by atoms with E-state index in [0.717, 1.165) is 37.7 Å². The van der Waals surface area contributed by atoms with Gasteiger partial charge < -0.3 is 14.8 Å². The van der Waals surface area contributed by atoms with Crippen molar-refractivity contribution in [1.82, 2.24) is 4.98 Å². The van der Waals surface area contributed by atoms with Gasteiger partial charge in [0.05, 0.1) is 18.5 Å². The Morgan fingerprint density at radius 1 is 1.25 bits per heavy atom. The second kappa shape index (κ2) is 9.02. The van der Waals surface area contributed by atoms with E-state index >= 15 is 0 Å². The number of nitrogens with zero attached hydrogens (tertiary/aromatic N) is 1. The van der Waals surface area contributed by atoms with Crippen LogP contribution >= 0.6 is 0 Å². The maximum absolute atomic E-state index is 12.9. The van der Waals surface area contributed by atoms with Gasteiger partial charge in [0, 0.05) is 12.2 Å². The highest BCUT2D eigenvalue weighted by atomic mass is 16.5. The number of ether oxygens (including phenoxy) is 2. The number of pyridine rings is 1. The van der Waals surface area contributed by atoms with Crippen LogP contribution in [0.2, 0.25) is 0 Å². The summed E-state index contributed by atoms with van der Waals surface area (Å²) >= 11 is 0. The van der Waals surface area contributed by atoms with Crippen LogP contribution in [0, 0.1) is 6.92 Å². The smallest absolute Gasteiger partial charge is 0.256 e. The molecule has 2 rings (SSSR count). The highest BCUT2D eigenvalue weighted by Gasteiger charge is 2.39. The molecule has 5 nitrogen and oxygen atoms in total.